The number of carbonyl (C=O) groups excluding carboxylic acids is 3. The van der Waals surface area contributed by atoms with E-state index < -0.39 is 17.9 Å². The van der Waals surface area contributed by atoms with Crippen LogP contribution in [0.1, 0.15) is 36.2 Å². The summed E-state index contributed by atoms with van der Waals surface area (Å²) in [4.78, 5) is 47.6. The third kappa shape index (κ3) is 6.88. The fraction of sp³-hybridized carbons (Fsp3) is 0.469. The third-order valence-corrected chi connectivity index (χ3v) is 9.10. The molecular weight excluding hydrogens is 574 g/mol. The minimum absolute atomic E-state index is 0.210. The Hall–Kier alpha value is -4.65. The lowest BCUT2D eigenvalue weighted by Gasteiger charge is -2.40. The number of hydrogen-bond acceptors (Lipinski definition) is 10. The van der Waals surface area contributed by atoms with Crippen LogP contribution < -0.4 is 30.9 Å². The summed E-state index contributed by atoms with van der Waals surface area (Å²) in [7, 11) is 3.57. The molecule has 0 radical (unpaired) electrons. The number of amides is 3. The molecule has 0 aliphatic carbocycles. The van der Waals surface area contributed by atoms with Gasteiger partial charge in [0.05, 0.1) is 30.9 Å². The summed E-state index contributed by atoms with van der Waals surface area (Å²) in [6.45, 7) is 6.79. The lowest BCUT2D eigenvalue weighted by molar-refractivity contribution is -0.134. The van der Waals surface area contributed by atoms with Crippen LogP contribution in [0.25, 0.3) is 11.1 Å². The van der Waals surface area contributed by atoms with E-state index in [1.165, 1.54) is 0 Å². The van der Waals surface area contributed by atoms with Crippen molar-refractivity contribution in [2.45, 2.75) is 31.7 Å². The number of aromatic nitrogens is 3. The minimum Gasteiger partial charge on any atom is -0.495 e. The van der Waals surface area contributed by atoms with Crippen molar-refractivity contribution in [1.82, 2.24) is 30.3 Å². The van der Waals surface area contributed by atoms with E-state index in [0.29, 0.717) is 23.8 Å². The van der Waals surface area contributed by atoms with Gasteiger partial charge in [-0.1, -0.05) is 0 Å². The average Bonchev–Trinajstić information content (AvgIpc) is 3.49. The standard InChI is InChI=1S/C32H41N9O4/c1-38-20-22(17-35-38)24-15-25(33)29(45-2)16-28(24)41-13-11-39(12-14-41)19-21-7-9-40(10-8-21)23-3-4-26(34-18-23)31(43)36-27-5-6-30(42)37-32(27)44/h3-4,15-18,20-21,27H,5-14,19,33H2,1-2H3,(H,36,43)(H,37,42,44). The zero-order valence-corrected chi connectivity index (χ0v) is 25.9. The molecular formula is C32H41N9O4. The van der Waals surface area contributed by atoms with Gasteiger partial charge in [-0.3, -0.25) is 29.3 Å². The van der Waals surface area contributed by atoms with Crippen molar-refractivity contribution >= 4 is 34.8 Å². The van der Waals surface area contributed by atoms with E-state index >= 15 is 0 Å². The van der Waals surface area contributed by atoms with Crippen LogP contribution >= 0.6 is 0 Å². The second-order valence-corrected chi connectivity index (χ2v) is 12.1. The van der Waals surface area contributed by atoms with Crippen molar-refractivity contribution in [2.75, 3.05) is 68.5 Å². The first kappa shape index (κ1) is 30.4. The molecule has 3 saturated heterocycles. The van der Waals surface area contributed by atoms with Gasteiger partial charge in [-0.2, -0.15) is 5.10 Å². The van der Waals surface area contributed by atoms with Crippen molar-refractivity contribution in [2.24, 2.45) is 13.0 Å². The molecule has 1 aromatic carbocycles. The molecule has 238 valence electrons. The van der Waals surface area contributed by atoms with Crippen molar-refractivity contribution in [3.05, 3.63) is 48.5 Å². The molecule has 1 unspecified atom stereocenters. The van der Waals surface area contributed by atoms with Gasteiger partial charge in [-0.25, -0.2) is 4.98 Å². The van der Waals surface area contributed by atoms with Gasteiger partial charge in [-0.15, -0.1) is 0 Å². The number of imide groups is 1. The van der Waals surface area contributed by atoms with Gasteiger partial charge in [0, 0.05) is 88.4 Å². The summed E-state index contributed by atoms with van der Waals surface area (Å²) >= 11 is 0. The Labute approximate surface area is 262 Å². The number of rotatable bonds is 8. The summed E-state index contributed by atoms with van der Waals surface area (Å²) in [6.07, 6.45) is 8.31. The Morgan fingerprint density at radius 3 is 2.47 bits per heavy atom. The number of anilines is 3. The Bertz CT molecular complexity index is 1540. The van der Waals surface area contributed by atoms with Gasteiger partial charge < -0.3 is 25.6 Å². The first-order chi connectivity index (χ1) is 21.8. The molecule has 2 aromatic heterocycles. The van der Waals surface area contributed by atoms with Crippen LogP contribution in [0, 0.1) is 5.92 Å². The highest BCUT2D eigenvalue weighted by atomic mass is 16.5. The predicted octanol–water partition coefficient (Wildman–Crippen LogP) is 1.65. The lowest BCUT2D eigenvalue weighted by atomic mass is 9.95. The first-order valence-corrected chi connectivity index (χ1v) is 15.6. The highest BCUT2D eigenvalue weighted by Gasteiger charge is 2.29. The summed E-state index contributed by atoms with van der Waals surface area (Å²) in [6, 6.07) is 6.93. The predicted molar refractivity (Wildman–Crippen MR) is 171 cm³/mol. The van der Waals surface area contributed by atoms with E-state index in [9.17, 15) is 14.4 Å². The van der Waals surface area contributed by atoms with E-state index in [2.05, 4.69) is 41.5 Å². The van der Waals surface area contributed by atoms with E-state index in [1.54, 1.807) is 24.1 Å². The average molecular weight is 616 g/mol. The Balaban J connectivity index is 0.985. The molecule has 5 heterocycles. The Morgan fingerprint density at radius 2 is 1.82 bits per heavy atom. The molecule has 3 aliphatic heterocycles. The number of pyridine rings is 1. The maximum Gasteiger partial charge on any atom is 0.270 e. The number of ether oxygens (including phenoxy) is 1. The zero-order chi connectivity index (χ0) is 31.5. The highest BCUT2D eigenvalue weighted by Crippen LogP contribution is 2.38. The molecule has 0 bridgehead atoms. The Kier molecular flexibility index (Phi) is 8.87. The number of nitrogens with one attached hydrogen (secondary N) is 2. The maximum absolute atomic E-state index is 12.6. The normalized spacial score (nSPS) is 19.8. The number of aryl methyl sites for hydroxylation is 1. The number of nitrogens with two attached hydrogens (primary N) is 1. The van der Waals surface area contributed by atoms with Crippen LogP contribution in [-0.4, -0.2) is 96.4 Å². The van der Waals surface area contributed by atoms with Gasteiger partial charge in [0.2, 0.25) is 11.8 Å². The fourth-order valence-electron chi connectivity index (χ4n) is 6.50. The van der Waals surface area contributed by atoms with E-state index in [1.807, 2.05) is 31.6 Å². The van der Waals surface area contributed by atoms with Crippen molar-refractivity contribution in [3.63, 3.8) is 0 Å². The molecule has 0 saturated carbocycles. The quantitative estimate of drug-likeness (QED) is 0.252. The number of nitrogen functional groups attached to an aromatic ring is 1. The first-order valence-electron chi connectivity index (χ1n) is 15.6. The molecule has 3 aromatic rings. The van der Waals surface area contributed by atoms with E-state index in [0.717, 1.165) is 81.2 Å². The molecule has 3 fully saturated rings. The number of methoxy groups -OCH3 is 1. The molecule has 3 aliphatic rings. The van der Waals surface area contributed by atoms with Crippen LogP contribution in [0.4, 0.5) is 17.1 Å². The molecule has 13 nitrogen and oxygen atoms in total. The van der Waals surface area contributed by atoms with Crippen LogP contribution in [0.5, 0.6) is 5.75 Å². The number of piperidine rings is 2. The topological polar surface area (TPSA) is 151 Å². The summed E-state index contributed by atoms with van der Waals surface area (Å²) in [5.41, 5.74) is 11.4. The summed E-state index contributed by atoms with van der Waals surface area (Å²) in [5, 5.41) is 9.29. The minimum atomic E-state index is -0.718. The van der Waals surface area contributed by atoms with Crippen LogP contribution in [0.3, 0.4) is 0 Å². The van der Waals surface area contributed by atoms with Crippen molar-refractivity contribution < 1.29 is 19.1 Å². The molecule has 1 atom stereocenters. The van der Waals surface area contributed by atoms with E-state index in [-0.39, 0.29) is 18.0 Å². The van der Waals surface area contributed by atoms with Gasteiger partial charge in [0.1, 0.15) is 17.5 Å². The van der Waals surface area contributed by atoms with E-state index in [4.69, 9.17) is 10.5 Å². The highest BCUT2D eigenvalue weighted by molar-refractivity contribution is 6.03. The fourth-order valence-corrected chi connectivity index (χ4v) is 6.50. The molecule has 4 N–H and O–H groups in total. The molecule has 13 heteroatoms. The summed E-state index contributed by atoms with van der Waals surface area (Å²) in [5.74, 6) is 0.108. The van der Waals surface area contributed by atoms with Gasteiger partial charge in [-0.05, 0) is 43.4 Å². The van der Waals surface area contributed by atoms with Gasteiger partial charge in [0.25, 0.3) is 5.91 Å². The molecule has 6 rings (SSSR count). The number of piperazine rings is 1. The Morgan fingerprint density at radius 1 is 1.04 bits per heavy atom. The zero-order valence-electron chi connectivity index (χ0n) is 25.9. The second-order valence-electron chi connectivity index (χ2n) is 12.1. The number of benzene rings is 1. The van der Waals surface area contributed by atoms with Crippen LogP contribution in [0.2, 0.25) is 0 Å². The van der Waals surface area contributed by atoms with Crippen LogP contribution in [0.15, 0.2) is 42.9 Å². The third-order valence-electron chi connectivity index (χ3n) is 9.10. The smallest absolute Gasteiger partial charge is 0.270 e. The van der Waals surface area contributed by atoms with Gasteiger partial charge >= 0.3 is 0 Å². The number of carbonyl (C=O) groups is 3. The van der Waals surface area contributed by atoms with Crippen molar-refractivity contribution in [1.29, 1.82) is 0 Å². The SMILES string of the molecule is COc1cc(N2CCN(CC3CCN(c4ccc(C(=O)NC5CCC(=O)NC5=O)nc4)CC3)CC2)c(-c2cnn(C)c2)cc1N. The maximum atomic E-state index is 12.6. The number of nitrogens with zero attached hydrogens (tertiary/aromatic N) is 6. The van der Waals surface area contributed by atoms with Crippen LogP contribution in [-0.2, 0) is 16.6 Å². The summed E-state index contributed by atoms with van der Waals surface area (Å²) < 4.78 is 7.36. The molecule has 45 heavy (non-hydrogen) atoms. The largest absolute Gasteiger partial charge is 0.495 e. The monoisotopic (exact) mass is 615 g/mol. The lowest BCUT2D eigenvalue weighted by Crippen LogP contribution is -2.52. The van der Waals surface area contributed by atoms with Gasteiger partial charge in [0.15, 0.2) is 0 Å². The van der Waals surface area contributed by atoms with Crippen molar-refractivity contribution in [3.8, 4) is 16.9 Å². The molecule has 3 amide bonds. The number of hydrogen-bond donors (Lipinski definition) is 3. The second kappa shape index (κ2) is 13.1. The molecule has 0 spiro atoms.